The van der Waals surface area contributed by atoms with Crippen LogP contribution in [0.25, 0.3) is 0 Å². The third kappa shape index (κ3) is 3.61. The van der Waals surface area contributed by atoms with Gasteiger partial charge in [0.2, 0.25) is 6.30 Å². The lowest BCUT2D eigenvalue weighted by Crippen LogP contribution is -2.53. The first-order valence-electron chi connectivity index (χ1n) is 7.38. The largest absolute Gasteiger partial charge is 0.425 e. The Morgan fingerprint density at radius 2 is 1.25 bits per heavy atom. The molecule has 0 radical (unpaired) electrons. The van der Waals surface area contributed by atoms with Crippen LogP contribution in [0.15, 0.2) is 0 Å². The molecule has 0 aromatic carbocycles. The number of nitrogens with zero attached hydrogens (tertiary/aromatic N) is 1. The topological polar surface area (TPSA) is 12.5 Å². The Bertz CT molecular complexity index is 436. The zero-order valence-corrected chi connectivity index (χ0v) is 12.3. The molecular formula is C13H16F9NO. The first-order valence-corrected chi connectivity index (χ1v) is 7.38. The van der Waals surface area contributed by atoms with Gasteiger partial charge in [-0.25, -0.2) is 17.6 Å². The van der Waals surface area contributed by atoms with E-state index in [0.29, 0.717) is 12.8 Å². The Labute approximate surface area is 131 Å². The van der Waals surface area contributed by atoms with Crippen LogP contribution in [-0.4, -0.2) is 60.7 Å². The molecule has 11 heteroatoms. The van der Waals surface area contributed by atoms with Gasteiger partial charge in [-0.05, 0) is 25.7 Å². The Balaban J connectivity index is 2.06. The predicted octanol–water partition coefficient (Wildman–Crippen LogP) is 4.10. The van der Waals surface area contributed by atoms with Gasteiger partial charge in [0.25, 0.3) is 6.17 Å². The minimum absolute atomic E-state index is 0.0592. The van der Waals surface area contributed by atoms with Crippen molar-refractivity contribution in [1.82, 2.24) is 4.90 Å². The van der Waals surface area contributed by atoms with Crippen molar-refractivity contribution in [3.63, 3.8) is 0 Å². The molecule has 0 bridgehead atoms. The number of alkyl halides is 9. The molecule has 0 amide bonds. The van der Waals surface area contributed by atoms with Gasteiger partial charge in [0.1, 0.15) is 12.2 Å². The molecule has 0 N–H and O–H groups in total. The van der Waals surface area contributed by atoms with Crippen LogP contribution in [0.5, 0.6) is 0 Å². The number of hydrogen-bond donors (Lipinski definition) is 0. The van der Waals surface area contributed by atoms with E-state index in [1.807, 2.05) is 0 Å². The van der Waals surface area contributed by atoms with Crippen LogP contribution < -0.4 is 0 Å². The van der Waals surface area contributed by atoms with Crippen LogP contribution in [-0.2, 0) is 4.74 Å². The molecule has 2 saturated heterocycles. The summed E-state index contributed by atoms with van der Waals surface area (Å²) in [5.41, 5.74) is 0. The molecular weight excluding hydrogens is 357 g/mol. The molecule has 2 aliphatic rings. The van der Waals surface area contributed by atoms with Crippen LogP contribution in [0.4, 0.5) is 39.5 Å². The van der Waals surface area contributed by atoms with Crippen molar-refractivity contribution < 1.29 is 44.3 Å². The highest BCUT2D eigenvalue weighted by Gasteiger charge is 2.64. The van der Waals surface area contributed by atoms with Gasteiger partial charge in [0, 0.05) is 13.1 Å². The molecule has 0 aromatic rings. The van der Waals surface area contributed by atoms with Crippen LogP contribution in [0, 0.1) is 0 Å². The second kappa shape index (κ2) is 6.54. The molecule has 2 nitrogen and oxygen atoms in total. The van der Waals surface area contributed by atoms with Crippen molar-refractivity contribution in [1.29, 1.82) is 0 Å². The highest BCUT2D eigenvalue weighted by atomic mass is 19.4. The Hall–Kier alpha value is -0.710. The van der Waals surface area contributed by atoms with Crippen molar-refractivity contribution in [2.75, 3.05) is 13.1 Å². The van der Waals surface area contributed by atoms with E-state index >= 15 is 0 Å². The van der Waals surface area contributed by atoms with Crippen LogP contribution in [0.1, 0.15) is 25.7 Å². The molecule has 2 rings (SSSR count). The zero-order chi connectivity index (χ0) is 18.3. The summed E-state index contributed by atoms with van der Waals surface area (Å²) in [5.74, 6) is -9.21. The van der Waals surface area contributed by atoms with Crippen molar-refractivity contribution in [2.24, 2.45) is 0 Å². The van der Waals surface area contributed by atoms with Crippen LogP contribution in [0.3, 0.4) is 0 Å². The average Bonchev–Trinajstić information content (AvgIpc) is 3.15. The minimum atomic E-state index is -5.86. The Kier molecular flexibility index (Phi) is 5.35. The van der Waals surface area contributed by atoms with Crippen molar-refractivity contribution in [3.8, 4) is 0 Å². The van der Waals surface area contributed by atoms with Gasteiger partial charge >= 0.3 is 18.0 Å². The summed E-state index contributed by atoms with van der Waals surface area (Å²) in [6, 6.07) is 0. The SMILES string of the molecule is FC(N1CCCC1)C(F)(F)C1CCC(C(F)(F)C(F)C(F)(F)F)O1. The first kappa shape index (κ1) is 19.6. The molecule has 4 unspecified atom stereocenters. The van der Waals surface area contributed by atoms with Crippen molar-refractivity contribution in [3.05, 3.63) is 0 Å². The third-order valence-electron chi connectivity index (χ3n) is 4.28. The van der Waals surface area contributed by atoms with Crippen molar-refractivity contribution in [2.45, 2.75) is 68.4 Å². The minimum Gasteiger partial charge on any atom is -0.362 e. The maximum Gasteiger partial charge on any atom is 0.425 e. The molecule has 0 saturated carbocycles. The lowest BCUT2D eigenvalue weighted by Gasteiger charge is -2.33. The van der Waals surface area contributed by atoms with E-state index < -0.39 is 55.5 Å². The number of ether oxygens (including phenoxy) is 1. The van der Waals surface area contributed by atoms with Crippen LogP contribution in [0.2, 0.25) is 0 Å². The molecule has 0 spiro atoms. The van der Waals surface area contributed by atoms with Gasteiger partial charge < -0.3 is 4.74 Å². The lowest BCUT2D eigenvalue weighted by molar-refractivity contribution is -0.281. The van der Waals surface area contributed by atoms with E-state index in [1.165, 1.54) is 0 Å². The van der Waals surface area contributed by atoms with Crippen molar-refractivity contribution >= 4 is 0 Å². The summed E-state index contributed by atoms with van der Waals surface area (Å²) in [4.78, 5) is 0.822. The second-order valence-electron chi connectivity index (χ2n) is 6.02. The average molecular weight is 373 g/mol. The fourth-order valence-corrected chi connectivity index (χ4v) is 2.95. The second-order valence-corrected chi connectivity index (χ2v) is 6.02. The smallest absolute Gasteiger partial charge is 0.362 e. The van der Waals surface area contributed by atoms with E-state index in [0.717, 1.165) is 4.90 Å². The summed E-state index contributed by atoms with van der Waals surface area (Å²) in [6.07, 6.45) is -18.9. The molecule has 142 valence electrons. The van der Waals surface area contributed by atoms with Gasteiger partial charge in [-0.1, -0.05) is 0 Å². The maximum atomic E-state index is 14.1. The highest BCUT2D eigenvalue weighted by molar-refractivity contribution is 4.98. The standard InChI is InChI=1S/C13H16F9NO/c14-9(13(20,21)22)11(16,17)7-3-4-8(24-7)12(18,19)10(15)23-5-1-2-6-23/h7-10H,1-6H2. The van der Waals surface area contributed by atoms with E-state index in [-0.39, 0.29) is 13.1 Å². The summed E-state index contributed by atoms with van der Waals surface area (Å²) >= 11 is 0. The van der Waals surface area contributed by atoms with Gasteiger partial charge in [-0.15, -0.1) is 0 Å². The van der Waals surface area contributed by atoms with E-state index in [1.54, 1.807) is 0 Å². The fourth-order valence-electron chi connectivity index (χ4n) is 2.95. The molecule has 2 aliphatic heterocycles. The molecule has 2 heterocycles. The highest BCUT2D eigenvalue weighted by Crippen LogP contribution is 2.45. The molecule has 2 fully saturated rings. The van der Waals surface area contributed by atoms with E-state index in [9.17, 15) is 39.5 Å². The number of halogens is 9. The molecule has 0 aliphatic carbocycles. The molecule has 0 aromatic heterocycles. The van der Waals surface area contributed by atoms with Gasteiger partial charge in [0.15, 0.2) is 0 Å². The van der Waals surface area contributed by atoms with Gasteiger partial charge in [0.05, 0.1) is 0 Å². The third-order valence-corrected chi connectivity index (χ3v) is 4.28. The van der Waals surface area contributed by atoms with E-state index in [2.05, 4.69) is 4.74 Å². The van der Waals surface area contributed by atoms with Gasteiger partial charge in [-0.2, -0.15) is 22.0 Å². The van der Waals surface area contributed by atoms with E-state index in [4.69, 9.17) is 0 Å². The summed E-state index contributed by atoms with van der Waals surface area (Å²) in [6.45, 7) is 0.118. The monoisotopic (exact) mass is 373 g/mol. The summed E-state index contributed by atoms with van der Waals surface area (Å²) in [7, 11) is 0. The molecule has 4 atom stereocenters. The number of hydrogen-bond acceptors (Lipinski definition) is 2. The number of rotatable bonds is 5. The fraction of sp³-hybridized carbons (Fsp3) is 1.00. The predicted molar refractivity (Wildman–Crippen MR) is 64.4 cm³/mol. The number of likely N-dealkylation sites (tertiary alicyclic amines) is 1. The Morgan fingerprint density at radius 3 is 1.71 bits per heavy atom. The maximum absolute atomic E-state index is 14.1. The first-order chi connectivity index (χ1) is 10.9. The molecule has 24 heavy (non-hydrogen) atoms. The Morgan fingerprint density at radius 1 is 0.792 bits per heavy atom. The van der Waals surface area contributed by atoms with Gasteiger partial charge in [-0.3, -0.25) is 4.90 Å². The van der Waals surface area contributed by atoms with Crippen LogP contribution >= 0.6 is 0 Å². The summed E-state index contributed by atoms with van der Waals surface area (Å²) < 4.78 is 123. The lowest BCUT2D eigenvalue weighted by atomic mass is 10.0. The normalized spacial score (nSPS) is 29.9. The zero-order valence-electron chi connectivity index (χ0n) is 12.3. The summed E-state index contributed by atoms with van der Waals surface area (Å²) in [5, 5.41) is 0. The quantitative estimate of drug-likeness (QED) is 0.532.